The van der Waals surface area contributed by atoms with Gasteiger partial charge in [-0.15, -0.1) is 25.3 Å². The zero-order chi connectivity index (χ0) is 11.4. The Balaban J connectivity index is 1.97. The number of nitrogens with one attached hydrogen (secondary N) is 2. The second kappa shape index (κ2) is 5.18. The fraction of sp³-hybridized carbons (Fsp3) is 0. The van der Waals surface area contributed by atoms with Crippen molar-refractivity contribution in [3.05, 3.63) is 48.5 Å². The average Bonchev–Trinajstić information content (AvgIpc) is 2.30. The lowest BCUT2D eigenvalue weighted by Crippen LogP contribution is -2.07. The minimum atomic E-state index is 0.949. The van der Waals surface area contributed by atoms with Gasteiger partial charge in [0, 0.05) is 9.79 Å². The van der Waals surface area contributed by atoms with Crippen molar-refractivity contribution in [2.75, 3.05) is 10.9 Å². The van der Waals surface area contributed by atoms with Crippen LogP contribution in [0.15, 0.2) is 58.3 Å². The van der Waals surface area contributed by atoms with Crippen LogP contribution in [-0.4, -0.2) is 0 Å². The Bertz CT molecular complexity index is 406. The van der Waals surface area contributed by atoms with Crippen LogP contribution in [0.1, 0.15) is 0 Å². The standard InChI is InChI=1S/C12H12N2S2/c15-11-5-1-9(2-6-11)13-14-10-3-7-12(16)8-4-10/h1-8,13-16H. The molecule has 0 radical (unpaired) electrons. The predicted octanol–water partition coefficient (Wildman–Crippen LogP) is 3.70. The van der Waals surface area contributed by atoms with Crippen molar-refractivity contribution in [2.45, 2.75) is 9.79 Å². The van der Waals surface area contributed by atoms with E-state index < -0.39 is 0 Å². The highest BCUT2D eigenvalue weighted by atomic mass is 32.1. The fourth-order valence-corrected chi connectivity index (χ4v) is 1.53. The van der Waals surface area contributed by atoms with Gasteiger partial charge in [0.2, 0.25) is 0 Å². The molecule has 0 saturated carbocycles. The molecule has 82 valence electrons. The Hall–Kier alpha value is -1.26. The fourth-order valence-electron chi connectivity index (χ4n) is 1.23. The molecule has 0 aromatic heterocycles. The maximum Gasteiger partial charge on any atom is 0.0540 e. The molecule has 0 heterocycles. The van der Waals surface area contributed by atoms with Gasteiger partial charge in [-0.2, -0.15) is 0 Å². The number of anilines is 2. The second-order valence-corrected chi connectivity index (χ2v) is 4.38. The maximum absolute atomic E-state index is 4.22. The van der Waals surface area contributed by atoms with Crippen LogP contribution in [0.2, 0.25) is 0 Å². The summed E-state index contributed by atoms with van der Waals surface area (Å²) >= 11 is 8.45. The van der Waals surface area contributed by atoms with E-state index in [4.69, 9.17) is 0 Å². The first-order valence-electron chi connectivity index (χ1n) is 4.84. The molecule has 0 unspecified atom stereocenters. The summed E-state index contributed by atoms with van der Waals surface area (Å²) in [6, 6.07) is 15.6. The molecule has 2 nitrogen and oxygen atoms in total. The van der Waals surface area contributed by atoms with Gasteiger partial charge in [-0.25, -0.2) is 0 Å². The highest BCUT2D eigenvalue weighted by Crippen LogP contribution is 2.14. The van der Waals surface area contributed by atoms with Crippen LogP contribution in [0.4, 0.5) is 11.4 Å². The van der Waals surface area contributed by atoms with Gasteiger partial charge in [0.15, 0.2) is 0 Å². The smallest absolute Gasteiger partial charge is 0.0540 e. The molecule has 0 bridgehead atoms. The molecule has 0 amide bonds. The number of hydrazine groups is 1. The molecule has 0 aliphatic carbocycles. The molecule has 0 spiro atoms. The van der Waals surface area contributed by atoms with E-state index in [1.165, 1.54) is 0 Å². The lowest BCUT2D eigenvalue weighted by Gasteiger charge is -2.09. The third-order valence-electron chi connectivity index (χ3n) is 2.09. The van der Waals surface area contributed by atoms with Gasteiger partial charge >= 0.3 is 0 Å². The molecule has 2 N–H and O–H groups in total. The van der Waals surface area contributed by atoms with E-state index in [2.05, 4.69) is 36.1 Å². The molecule has 0 saturated heterocycles. The van der Waals surface area contributed by atoms with Crippen molar-refractivity contribution in [2.24, 2.45) is 0 Å². The van der Waals surface area contributed by atoms with E-state index in [1.54, 1.807) is 0 Å². The summed E-state index contributed by atoms with van der Waals surface area (Å²) < 4.78 is 0. The van der Waals surface area contributed by atoms with Crippen molar-refractivity contribution < 1.29 is 0 Å². The highest BCUT2D eigenvalue weighted by molar-refractivity contribution is 7.80. The summed E-state index contributed by atoms with van der Waals surface area (Å²) in [5.74, 6) is 0. The monoisotopic (exact) mass is 248 g/mol. The summed E-state index contributed by atoms with van der Waals surface area (Å²) in [6.07, 6.45) is 0. The van der Waals surface area contributed by atoms with Crippen LogP contribution >= 0.6 is 25.3 Å². The lowest BCUT2D eigenvalue weighted by molar-refractivity contribution is 1.36. The molecule has 0 aliphatic rings. The molecule has 2 aromatic carbocycles. The first-order chi connectivity index (χ1) is 7.74. The van der Waals surface area contributed by atoms with E-state index in [-0.39, 0.29) is 0 Å². The molecule has 2 aromatic rings. The zero-order valence-corrected chi connectivity index (χ0v) is 10.3. The summed E-state index contributed by atoms with van der Waals surface area (Å²) in [7, 11) is 0. The molecular weight excluding hydrogens is 236 g/mol. The summed E-state index contributed by atoms with van der Waals surface area (Å²) in [5, 5.41) is 0. The summed E-state index contributed by atoms with van der Waals surface area (Å²) in [4.78, 5) is 1.90. The number of benzene rings is 2. The van der Waals surface area contributed by atoms with E-state index >= 15 is 0 Å². The summed E-state index contributed by atoms with van der Waals surface area (Å²) in [6.45, 7) is 0. The Labute approximate surface area is 106 Å². The average molecular weight is 248 g/mol. The van der Waals surface area contributed by atoms with Crippen LogP contribution in [0.25, 0.3) is 0 Å². The normalized spacial score (nSPS) is 9.88. The van der Waals surface area contributed by atoms with E-state index in [9.17, 15) is 0 Å². The van der Waals surface area contributed by atoms with Crippen LogP contribution < -0.4 is 10.9 Å². The predicted molar refractivity (Wildman–Crippen MR) is 74.6 cm³/mol. The Morgan fingerprint density at radius 2 is 0.875 bits per heavy atom. The summed E-state index contributed by atoms with van der Waals surface area (Å²) in [5.41, 5.74) is 8.18. The van der Waals surface area contributed by atoms with Crippen molar-refractivity contribution in [3.8, 4) is 0 Å². The van der Waals surface area contributed by atoms with Gasteiger partial charge < -0.3 is 10.9 Å². The van der Waals surface area contributed by atoms with Crippen LogP contribution in [0.5, 0.6) is 0 Å². The van der Waals surface area contributed by atoms with E-state index in [0.29, 0.717) is 0 Å². The number of hydrogen-bond donors (Lipinski definition) is 4. The van der Waals surface area contributed by atoms with Crippen molar-refractivity contribution in [1.82, 2.24) is 0 Å². The Morgan fingerprint density at radius 3 is 1.19 bits per heavy atom. The molecule has 0 fully saturated rings. The van der Waals surface area contributed by atoms with Crippen molar-refractivity contribution in [3.63, 3.8) is 0 Å². The van der Waals surface area contributed by atoms with Crippen LogP contribution in [-0.2, 0) is 0 Å². The van der Waals surface area contributed by atoms with E-state index in [0.717, 1.165) is 21.2 Å². The quantitative estimate of drug-likeness (QED) is 0.492. The number of rotatable bonds is 3. The number of hydrogen-bond acceptors (Lipinski definition) is 4. The molecule has 0 atom stereocenters. The third-order valence-corrected chi connectivity index (χ3v) is 2.68. The van der Waals surface area contributed by atoms with Crippen molar-refractivity contribution >= 4 is 36.6 Å². The van der Waals surface area contributed by atoms with Gasteiger partial charge in [0.25, 0.3) is 0 Å². The van der Waals surface area contributed by atoms with Crippen LogP contribution in [0.3, 0.4) is 0 Å². The van der Waals surface area contributed by atoms with Crippen LogP contribution in [0, 0.1) is 0 Å². The van der Waals surface area contributed by atoms with Crippen molar-refractivity contribution in [1.29, 1.82) is 0 Å². The van der Waals surface area contributed by atoms with Gasteiger partial charge in [-0.05, 0) is 48.5 Å². The van der Waals surface area contributed by atoms with Gasteiger partial charge in [-0.3, -0.25) is 0 Å². The molecule has 16 heavy (non-hydrogen) atoms. The minimum Gasteiger partial charge on any atom is -0.301 e. The topological polar surface area (TPSA) is 24.1 Å². The largest absolute Gasteiger partial charge is 0.301 e. The molecular formula is C12H12N2S2. The van der Waals surface area contributed by atoms with E-state index in [1.807, 2.05) is 48.5 Å². The van der Waals surface area contributed by atoms with Gasteiger partial charge in [0.1, 0.15) is 0 Å². The minimum absolute atomic E-state index is 0.949. The zero-order valence-electron chi connectivity index (χ0n) is 8.51. The first-order valence-corrected chi connectivity index (χ1v) is 5.73. The molecule has 0 aliphatic heterocycles. The second-order valence-electron chi connectivity index (χ2n) is 3.34. The van der Waals surface area contributed by atoms with Gasteiger partial charge in [0.05, 0.1) is 11.4 Å². The third kappa shape index (κ3) is 3.12. The first kappa shape index (κ1) is 11.2. The molecule has 4 heteroatoms. The Kier molecular flexibility index (Phi) is 3.64. The highest BCUT2D eigenvalue weighted by Gasteiger charge is 1.92. The SMILES string of the molecule is Sc1ccc(NNc2ccc(S)cc2)cc1. The molecule has 2 rings (SSSR count). The van der Waals surface area contributed by atoms with Gasteiger partial charge in [-0.1, -0.05) is 0 Å². The lowest BCUT2D eigenvalue weighted by atomic mass is 10.3. The Morgan fingerprint density at radius 1 is 0.562 bits per heavy atom. The number of thiol groups is 2. The maximum atomic E-state index is 4.22.